The fourth-order valence-electron chi connectivity index (χ4n) is 2.11. The molecule has 2 heteroatoms. The summed E-state index contributed by atoms with van der Waals surface area (Å²) in [7, 11) is 0. The Morgan fingerprint density at radius 2 is 1.71 bits per heavy atom. The van der Waals surface area contributed by atoms with E-state index in [0.29, 0.717) is 11.8 Å². The molecular weight excluding hydrogens is 174 g/mol. The summed E-state index contributed by atoms with van der Waals surface area (Å²) in [4.78, 5) is 11.7. The molecule has 0 radical (unpaired) electrons. The minimum Gasteiger partial charge on any atom is -0.356 e. The van der Waals surface area contributed by atoms with Crippen LogP contribution in [0.3, 0.4) is 0 Å². The zero-order chi connectivity index (χ0) is 10.2. The van der Waals surface area contributed by atoms with Crippen molar-refractivity contribution in [2.75, 3.05) is 6.54 Å². The molecule has 0 unspecified atom stereocenters. The van der Waals surface area contributed by atoms with Gasteiger partial charge in [0.15, 0.2) is 0 Å². The summed E-state index contributed by atoms with van der Waals surface area (Å²) >= 11 is 0. The highest BCUT2D eigenvalue weighted by atomic mass is 16.1. The number of hydrogen-bond donors (Lipinski definition) is 1. The van der Waals surface area contributed by atoms with E-state index in [-0.39, 0.29) is 0 Å². The van der Waals surface area contributed by atoms with E-state index in [4.69, 9.17) is 0 Å². The molecule has 1 saturated carbocycles. The van der Waals surface area contributed by atoms with Crippen molar-refractivity contribution in [3.05, 3.63) is 0 Å². The molecule has 1 N–H and O–H groups in total. The fraction of sp³-hybridized carbons (Fsp3) is 0.917. The Bertz CT molecular complexity index is 160. The standard InChI is InChI=1S/C12H23NO/c1-2-10-13-12(14)11-8-6-4-3-5-7-9-11/h11H,2-10H2,1H3,(H,13,14). The van der Waals surface area contributed by atoms with Crippen LogP contribution in [0.5, 0.6) is 0 Å². The second-order valence-electron chi connectivity index (χ2n) is 4.33. The van der Waals surface area contributed by atoms with Gasteiger partial charge >= 0.3 is 0 Å². The van der Waals surface area contributed by atoms with Crippen molar-refractivity contribution in [2.45, 2.75) is 58.3 Å². The number of rotatable bonds is 3. The Balaban J connectivity index is 2.27. The van der Waals surface area contributed by atoms with Gasteiger partial charge in [-0.2, -0.15) is 0 Å². The Labute approximate surface area is 87.5 Å². The first-order valence-corrected chi connectivity index (χ1v) is 6.12. The molecule has 0 aromatic carbocycles. The van der Waals surface area contributed by atoms with Gasteiger partial charge in [-0.05, 0) is 19.3 Å². The summed E-state index contributed by atoms with van der Waals surface area (Å²) < 4.78 is 0. The van der Waals surface area contributed by atoms with Crippen LogP contribution in [0.2, 0.25) is 0 Å². The van der Waals surface area contributed by atoms with Crippen LogP contribution in [0, 0.1) is 5.92 Å². The van der Waals surface area contributed by atoms with Crippen LogP contribution in [0.15, 0.2) is 0 Å². The molecule has 0 aromatic heterocycles. The fourth-order valence-corrected chi connectivity index (χ4v) is 2.11. The van der Waals surface area contributed by atoms with Gasteiger partial charge in [-0.15, -0.1) is 0 Å². The monoisotopic (exact) mass is 197 g/mol. The van der Waals surface area contributed by atoms with E-state index in [2.05, 4.69) is 12.2 Å². The summed E-state index contributed by atoms with van der Waals surface area (Å²) in [6, 6.07) is 0. The van der Waals surface area contributed by atoms with E-state index in [0.717, 1.165) is 25.8 Å². The molecule has 1 rings (SSSR count). The van der Waals surface area contributed by atoms with E-state index >= 15 is 0 Å². The van der Waals surface area contributed by atoms with Gasteiger partial charge in [-0.3, -0.25) is 4.79 Å². The molecule has 0 heterocycles. The molecule has 0 bridgehead atoms. The number of amides is 1. The lowest BCUT2D eigenvalue weighted by Crippen LogP contribution is -2.31. The molecule has 2 nitrogen and oxygen atoms in total. The van der Waals surface area contributed by atoms with Crippen LogP contribution < -0.4 is 5.32 Å². The van der Waals surface area contributed by atoms with Gasteiger partial charge in [0.2, 0.25) is 5.91 Å². The number of carbonyl (C=O) groups is 1. The summed E-state index contributed by atoms with van der Waals surface area (Å²) in [5, 5.41) is 3.01. The molecule has 0 aromatic rings. The van der Waals surface area contributed by atoms with Crippen LogP contribution >= 0.6 is 0 Å². The lowest BCUT2D eigenvalue weighted by molar-refractivity contribution is -0.125. The second-order valence-corrected chi connectivity index (χ2v) is 4.33. The maximum Gasteiger partial charge on any atom is 0.223 e. The normalized spacial score (nSPS) is 19.8. The van der Waals surface area contributed by atoms with Gasteiger partial charge in [0.25, 0.3) is 0 Å². The topological polar surface area (TPSA) is 29.1 Å². The van der Waals surface area contributed by atoms with Crippen molar-refractivity contribution in [1.82, 2.24) is 5.32 Å². The van der Waals surface area contributed by atoms with Crippen molar-refractivity contribution < 1.29 is 4.79 Å². The summed E-state index contributed by atoms with van der Waals surface area (Å²) in [5.41, 5.74) is 0. The zero-order valence-corrected chi connectivity index (χ0v) is 9.35. The molecule has 82 valence electrons. The third-order valence-corrected chi connectivity index (χ3v) is 3.03. The third-order valence-electron chi connectivity index (χ3n) is 3.03. The van der Waals surface area contributed by atoms with E-state index < -0.39 is 0 Å². The zero-order valence-electron chi connectivity index (χ0n) is 9.35. The van der Waals surface area contributed by atoms with Crippen molar-refractivity contribution in [3.8, 4) is 0 Å². The van der Waals surface area contributed by atoms with Gasteiger partial charge in [0.05, 0.1) is 0 Å². The Kier molecular flexibility index (Phi) is 5.65. The molecule has 0 spiro atoms. The first-order valence-electron chi connectivity index (χ1n) is 6.12. The Hall–Kier alpha value is -0.530. The van der Waals surface area contributed by atoms with Gasteiger partial charge in [-0.1, -0.05) is 39.0 Å². The first-order chi connectivity index (χ1) is 6.84. The summed E-state index contributed by atoms with van der Waals surface area (Å²) in [6.07, 6.45) is 9.73. The van der Waals surface area contributed by atoms with Gasteiger partial charge in [0, 0.05) is 12.5 Å². The van der Waals surface area contributed by atoms with Crippen molar-refractivity contribution >= 4 is 5.91 Å². The molecule has 1 aliphatic carbocycles. The minimum absolute atomic E-state index is 0.300. The molecule has 0 aliphatic heterocycles. The summed E-state index contributed by atoms with van der Waals surface area (Å²) in [6.45, 7) is 2.94. The second kappa shape index (κ2) is 6.86. The predicted molar refractivity (Wildman–Crippen MR) is 59.1 cm³/mol. The smallest absolute Gasteiger partial charge is 0.223 e. The van der Waals surface area contributed by atoms with E-state index in [1.165, 1.54) is 32.1 Å². The quantitative estimate of drug-likeness (QED) is 0.740. The molecule has 1 amide bonds. The number of carbonyl (C=O) groups excluding carboxylic acids is 1. The first kappa shape index (κ1) is 11.5. The third kappa shape index (κ3) is 4.12. The SMILES string of the molecule is CCCNC(=O)C1CCCCCCC1. The minimum atomic E-state index is 0.300. The van der Waals surface area contributed by atoms with E-state index in [9.17, 15) is 4.79 Å². The largest absolute Gasteiger partial charge is 0.356 e. The van der Waals surface area contributed by atoms with Crippen molar-refractivity contribution in [1.29, 1.82) is 0 Å². The highest BCUT2D eigenvalue weighted by Gasteiger charge is 2.18. The lowest BCUT2D eigenvalue weighted by Gasteiger charge is -2.18. The number of hydrogen-bond acceptors (Lipinski definition) is 1. The van der Waals surface area contributed by atoms with Gasteiger partial charge < -0.3 is 5.32 Å². The molecular formula is C12H23NO. The lowest BCUT2D eigenvalue weighted by atomic mass is 9.90. The van der Waals surface area contributed by atoms with Gasteiger partial charge in [-0.25, -0.2) is 0 Å². The highest BCUT2D eigenvalue weighted by Crippen LogP contribution is 2.22. The summed E-state index contributed by atoms with van der Waals surface area (Å²) in [5.74, 6) is 0.607. The van der Waals surface area contributed by atoms with Crippen molar-refractivity contribution in [2.24, 2.45) is 5.92 Å². The van der Waals surface area contributed by atoms with Crippen molar-refractivity contribution in [3.63, 3.8) is 0 Å². The van der Waals surface area contributed by atoms with Crippen LogP contribution in [0.25, 0.3) is 0 Å². The molecule has 1 fully saturated rings. The van der Waals surface area contributed by atoms with Crippen LogP contribution in [-0.2, 0) is 4.79 Å². The predicted octanol–water partition coefficient (Wildman–Crippen LogP) is 2.87. The van der Waals surface area contributed by atoms with Crippen LogP contribution in [0.4, 0.5) is 0 Å². The van der Waals surface area contributed by atoms with E-state index in [1.807, 2.05) is 0 Å². The highest BCUT2D eigenvalue weighted by molar-refractivity contribution is 5.78. The number of nitrogens with one attached hydrogen (secondary N) is 1. The maximum absolute atomic E-state index is 11.7. The molecule has 14 heavy (non-hydrogen) atoms. The average molecular weight is 197 g/mol. The Morgan fingerprint density at radius 1 is 1.14 bits per heavy atom. The maximum atomic E-state index is 11.7. The van der Waals surface area contributed by atoms with Crippen LogP contribution in [-0.4, -0.2) is 12.5 Å². The molecule has 0 saturated heterocycles. The molecule has 0 atom stereocenters. The Morgan fingerprint density at radius 3 is 2.29 bits per heavy atom. The average Bonchev–Trinajstić information content (AvgIpc) is 2.13. The van der Waals surface area contributed by atoms with Crippen LogP contribution in [0.1, 0.15) is 58.3 Å². The van der Waals surface area contributed by atoms with E-state index in [1.54, 1.807) is 0 Å². The van der Waals surface area contributed by atoms with Gasteiger partial charge in [0.1, 0.15) is 0 Å². The molecule has 1 aliphatic rings.